The molecule has 3 nitrogen and oxygen atoms in total. The van der Waals surface area contributed by atoms with Crippen molar-refractivity contribution in [3.8, 4) is 0 Å². The lowest BCUT2D eigenvalue weighted by Gasteiger charge is -2.30. The molecule has 0 fully saturated rings. The molecular formula is C17H22F3NO2. The van der Waals surface area contributed by atoms with E-state index in [9.17, 15) is 18.0 Å². The maximum Gasteiger partial charge on any atom is 0.406 e. The first-order valence-electron chi connectivity index (χ1n) is 7.80. The van der Waals surface area contributed by atoms with Crippen LogP contribution in [0.1, 0.15) is 37.5 Å². The van der Waals surface area contributed by atoms with Gasteiger partial charge in [-0.2, -0.15) is 13.2 Å². The molecule has 0 spiro atoms. The predicted octanol–water partition coefficient (Wildman–Crippen LogP) is 3.74. The summed E-state index contributed by atoms with van der Waals surface area (Å²) < 4.78 is 43.8. The Hall–Kier alpha value is -1.56. The highest BCUT2D eigenvalue weighted by Gasteiger charge is 2.34. The van der Waals surface area contributed by atoms with Crippen LogP contribution in [0, 0.1) is 5.92 Å². The fraction of sp³-hybridized carbons (Fsp3) is 0.588. The smallest absolute Gasteiger partial charge is 0.373 e. The van der Waals surface area contributed by atoms with E-state index >= 15 is 0 Å². The summed E-state index contributed by atoms with van der Waals surface area (Å²) in [4.78, 5) is 13.3. The summed E-state index contributed by atoms with van der Waals surface area (Å²) in [6, 6.07) is 7.62. The number of halogens is 3. The molecular weight excluding hydrogens is 307 g/mol. The Kier molecular flexibility index (Phi) is 5.68. The van der Waals surface area contributed by atoms with E-state index in [2.05, 4.69) is 0 Å². The second-order valence-electron chi connectivity index (χ2n) is 6.30. The third-order valence-electron chi connectivity index (χ3n) is 3.76. The molecule has 0 aromatic heterocycles. The molecule has 2 rings (SSSR count). The Labute approximate surface area is 134 Å². The number of rotatable bonds is 5. The number of alkyl halides is 3. The van der Waals surface area contributed by atoms with E-state index in [4.69, 9.17) is 4.74 Å². The van der Waals surface area contributed by atoms with Crippen molar-refractivity contribution in [1.29, 1.82) is 0 Å². The minimum absolute atomic E-state index is 0.0270. The van der Waals surface area contributed by atoms with Crippen LogP contribution >= 0.6 is 0 Å². The summed E-state index contributed by atoms with van der Waals surface area (Å²) in [5.41, 5.74) is 2.01. The minimum Gasteiger partial charge on any atom is -0.373 e. The molecule has 0 bridgehead atoms. The van der Waals surface area contributed by atoms with Gasteiger partial charge in [-0.05, 0) is 23.5 Å². The second-order valence-corrected chi connectivity index (χ2v) is 6.30. The Bertz CT molecular complexity index is 543. The molecule has 1 aliphatic heterocycles. The van der Waals surface area contributed by atoms with Crippen LogP contribution in [0.15, 0.2) is 24.3 Å². The highest BCUT2D eigenvalue weighted by molar-refractivity contribution is 5.77. The average molecular weight is 329 g/mol. The third kappa shape index (κ3) is 5.23. The largest absolute Gasteiger partial charge is 0.406 e. The van der Waals surface area contributed by atoms with Gasteiger partial charge < -0.3 is 9.64 Å². The van der Waals surface area contributed by atoms with Crippen LogP contribution in [0.2, 0.25) is 0 Å². The van der Waals surface area contributed by atoms with Gasteiger partial charge in [-0.3, -0.25) is 4.79 Å². The van der Waals surface area contributed by atoms with Crippen LogP contribution in [0.4, 0.5) is 13.2 Å². The standard InChI is InChI=1S/C17H22F3NO2/c1-12(2)10-21(11-17(18,19)20)16(22)9-15-14-6-4-3-5-13(14)7-8-23-15/h3-6,12,15H,7-11H2,1-2H3. The zero-order valence-corrected chi connectivity index (χ0v) is 13.4. The molecule has 23 heavy (non-hydrogen) atoms. The van der Waals surface area contributed by atoms with Crippen molar-refractivity contribution >= 4 is 5.91 Å². The minimum atomic E-state index is -4.39. The molecule has 0 radical (unpaired) electrons. The van der Waals surface area contributed by atoms with E-state index in [1.165, 1.54) is 0 Å². The number of carbonyl (C=O) groups excluding carboxylic acids is 1. The number of benzene rings is 1. The molecule has 0 saturated carbocycles. The van der Waals surface area contributed by atoms with Gasteiger partial charge in [0.05, 0.1) is 19.1 Å². The average Bonchev–Trinajstić information content (AvgIpc) is 2.45. The SMILES string of the molecule is CC(C)CN(CC(F)(F)F)C(=O)CC1OCCc2ccccc21. The molecule has 0 saturated heterocycles. The number of fused-ring (bicyclic) bond motifs is 1. The quantitative estimate of drug-likeness (QED) is 0.824. The monoisotopic (exact) mass is 329 g/mol. The van der Waals surface area contributed by atoms with Crippen LogP contribution in [0.25, 0.3) is 0 Å². The van der Waals surface area contributed by atoms with E-state index in [0.29, 0.717) is 6.61 Å². The van der Waals surface area contributed by atoms with Gasteiger partial charge in [-0.15, -0.1) is 0 Å². The van der Waals surface area contributed by atoms with Crippen LogP contribution in [0.3, 0.4) is 0 Å². The van der Waals surface area contributed by atoms with Crippen LogP contribution in [-0.2, 0) is 16.0 Å². The number of hydrogen-bond donors (Lipinski definition) is 0. The molecule has 1 aliphatic rings. The van der Waals surface area contributed by atoms with E-state index in [0.717, 1.165) is 22.4 Å². The van der Waals surface area contributed by atoms with Gasteiger partial charge >= 0.3 is 6.18 Å². The molecule has 1 amide bonds. The second kappa shape index (κ2) is 7.34. The molecule has 1 aromatic rings. The Morgan fingerprint density at radius 3 is 2.70 bits per heavy atom. The number of nitrogens with zero attached hydrogens (tertiary/aromatic N) is 1. The lowest BCUT2D eigenvalue weighted by molar-refractivity contribution is -0.164. The lowest BCUT2D eigenvalue weighted by Crippen LogP contribution is -2.42. The fourth-order valence-corrected chi connectivity index (χ4v) is 2.85. The first kappa shape index (κ1) is 17.8. The van der Waals surface area contributed by atoms with Gasteiger partial charge in [-0.25, -0.2) is 0 Å². The van der Waals surface area contributed by atoms with Gasteiger partial charge in [0, 0.05) is 6.54 Å². The van der Waals surface area contributed by atoms with Crippen molar-refractivity contribution in [3.05, 3.63) is 35.4 Å². The Morgan fingerprint density at radius 2 is 2.04 bits per heavy atom. The van der Waals surface area contributed by atoms with Crippen molar-refractivity contribution < 1.29 is 22.7 Å². The first-order chi connectivity index (χ1) is 10.8. The van der Waals surface area contributed by atoms with Crippen molar-refractivity contribution in [2.45, 2.75) is 39.0 Å². The van der Waals surface area contributed by atoms with E-state index < -0.39 is 24.7 Å². The molecule has 0 N–H and O–H groups in total. The van der Waals surface area contributed by atoms with Gasteiger partial charge in [0.15, 0.2) is 0 Å². The molecule has 128 valence electrons. The summed E-state index contributed by atoms with van der Waals surface area (Å²) in [5.74, 6) is -0.543. The fourth-order valence-electron chi connectivity index (χ4n) is 2.85. The molecule has 1 atom stereocenters. The molecule has 1 aromatic carbocycles. The Balaban J connectivity index is 2.09. The van der Waals surface area contributed by atoms with Crippen LogP contribution in [-0.4, -0.2) is 36.7 Å². The van der Waals surface area contributed by atoms with Gasteiger partial charge in [0.1, 0.15) is 6.54 Å². The summed E-state index contributed by atoms with van der Waals surface area (Å²) in [7, 11) is 0. The van der Waals surface area contributed by atoms with E-state index in [-0.39, 0.29) is 18.9 Å². The third-order valence-corrected chi connectivity index (χ3v) is 3.76. The van der Waals surface area contributed by atoms with Crippen LogP contribution in [0.5, 0.6) is 0 Å². The van der Waals surface area contributed by atoms with E-state index in [1.807, 2.05) is 24.3 Å². The first-order valence-corrected chi connectivity index (χ1v) is 7.80. The van der Waals surface area contributed by atoms with Crippen molar-refractivity contribution in [3.63, 3.8) is 0 Å². The zero-order valence-electron chi connectivity index (χ0n) is 13.4. The van der Waals surface area contributed by atoms with Crippen molar-refractivity contribution in [2.24, 2.45) is 5.92 Å². The van der Waals surface area contributed by atoms with Crippen molar-refractivity contribution in [1.82, 2.24) is 4.90 Å². The topological polar surface area (TPSA) is 29.5 Å². The van der Waals surface area contributed by atoms with Gasteiger partial charge in [-0.1, -0.05) is 38.1 Å². The van der Waals surface area contributed by atoms with E-state index in [1.54, 1.807) is 13.8 Å². The highest BCUT2D eigenvalue weighted by Crippen LogP contribution is 2.30. The number of carbonyl (C=O) groups is 1. The van der Waals surface area contributed by atoms with Gasteiger partial charge in [0.2, 0.25) is 5.91 Å². The number of hydrogen-bond acceptors (Lipinski definition) is 2. The summed E-state index contributed by atoms with van der Waals surface area (Å²) in [6.07, 6.45) is -4.15. The molecule has 1 heterocycles. The van der Waals surface area contributed by atoms with Gasteiger partial charge in [0.25, 0.3) is 0 Å². The number of ether oxygens (including phenoxy) is 1. The van der Waals surface area contributed by atoms with Crippen molar-refractivity contribution in [2.75, 3.05) is 19.7 Å². The highest BCUT2D eigenvalue weighted by atomic mass is 19.4. The summed E-state index contributed by atoms with van der Waals surface area (Å²) in [6.45, 7) is 2.95. The predicted molar refractivity (Wildman–Crippen MR) is 80.9 cm³/mol. The molecule has 0 aliphatic carbocycles. The maximum absolute atomic E-state index is 12.7. The summed E-state index contributed by atoms with van der Waals surface area (Å²) >= 11 is 0. The van der Waals surface area contributed by atoms with Crippen LogP contribution < -0.4 is 0 Å². The molecule has 6 heteroatoms. The lowest BCUT2D eigenvalue weighted by atomic mass is 9.95. The summed E-state index contributed by atoms with van der Waals surface area (Å²) in [5, 5.41) is 0. The zero-order chi connectivity index (χ0) is 17.0. The number of amides is 1. The normalized spacial score (nSPS) is 17.9. The molecule has 1 unspecified atom stereocenters. The Morgan fingerprint density at radius 1 is 1.35 bits per heavy atom. The maximum atomic E-state index is 12.7.